The minimum absolute atomic E-state index is 0.778. The smallest absolute Gasteiger partial charge is 0.139 e. The lowest BCUT2D eigenvalue weighted by molar-refractivity contribution is 0.478. The van der Waals surface area contributed by atoms with E-state index in [2.05, 4.69) is 198 Å². The Morgan fingerprint density at radius 2 is 0.763 bits per heavy atom. The van der Waals surface area contributed by atoms with E-state index in [0.29, 0.717) is 0 Å². The highest BCUT2D eigenvalue weighted by Gasteiger charge is 2.16. The van der Waals surface area contributed by atoms with Gasteiger partial charge in [-0.25, -0.2) is 0 Å². The normalized spacial score (nSPS) is 11.8. The van der Waals surface area contributed by atoms with Gasteiger partial charge in [0.2, 0.25) is 0 Å². The van der Waals surface area contributed by atoms with Crippen LogP contribution in [0.2, 0.25) is 0 Å². The van der Waals surface area contributed by atoms with Gasteiger partial charge in [-0.3, -0.25) is 0 Å². The number of hydrogen-bond donors (Lipinski definition) is 0. The number of nitrogens with zero attached hydrogens (tertiary/aromatic N) is 2. The quantitative estimate of drug-likeness (QED) is 0.169. The Labute approximate surface area is 340 Å². The van der Waals surface area contributed by atoms with Crippen molar-refractivity contribution in [3.8, 4) is 45.1 Å². The summed E-state index contributed by atoms with van der Waals surface area (Å²) in [4.78, 5) is 0. The lowest BCUT2D eigenvalue weighted by Crippen LogP contribution is -1.93. The molecular formula is C55H36N2O2. The molecule has 12 aromatic rings. The standard InChI is InChI=1S/C55H36N2O2/c1-35-32-47-48-33-39(38-20-27-41(28-21-38)57-51-16-8-4-12-45(51)46-13-5-9-17-52(46)57)24-31-53(48)59-55(47)34-54(35)58-42-29-22-37(23-30-42)36-18-25-40(26-19-36)56-49-14-6-2-10-43(49)44-11-3-7-15-50(44)56/h2-34H,1H3. The number of para-hydroxylation sites is 4. The van der Waals surface area contributed by atoms with Crippen LogP contribution >= 0.6 is 0 Å². The van der Waals surface area contributed by atoms with Crippen LogP contribution in [0.25, 0.3) is 99.2 Å². The Hall–Kier alpha value is -7.82. The monoisotopic (exact) mass is 756 g/mol. The van der Waals surface area contributed by atoms with E-state index in [9.17, 15) is 0 Å². The van der Waals surface area contributed by atoms with Gasteiger partial charge in [-0.1, -0.05) is 115 Å². The average Bonchev–Trinajstić information content (AvgIpc) is 3.94. The van der Waals surface area contributed by atoms with Gasteiger partial charge in [-0.2, -0.15) is 0 Å². The summed E-state index contributed by atoms with van der Waals surface area (Å²) in [5, 5.41) is 7.22. The lowest BCUT2D eigenvalue weighted by Gasteiger charge is -2.11. The maximum Gasteiger partial charge on any atom is 0.139 e. The number of hydrogen-bond acceptors (Lipinski definition) is 2. The van der Waals surface area contributed by atoms with E-state index >= 15 is 0 Å². The third-order valence-corrected chi connectivity index (χ3v) is 11.9. The number of fused-ring (bicyclic) bond motifs is 9. The summed E-state index contributed by atoms with van der Waals surface area (Å²) in [6.45, 7) is 2.10. The summed E-state index contributed by atoms with van der Waals surface area (Å²) in [5.41, 5.74) is 14.4. The first-order valence-corrected chi connectivity index (χ1v) is 20.1. The molecule has 0 radical (unpaired) electrons. The fourth-order valence-electron chi connectivity index (χ4n) is 9.05. The zero-order valence-electron chi connectivity index (χ0n) is 32.3. The van der Waals surface area contributed by atoms with Crippen molar-refractivity contribution >= 4 is 65.6 Å². The molecule has 278 valence electrons. The summed E-state index contributed by atoms with van der Waals surface area (Å²) >= 11 is 0. The van der Waals surface area contributed by atoms with Gasteiger partial charge in [-0.15, -0.1) is 0 Å². The topological polar surface area (TPSA) is 32.2 Å². The molecule has 3 aromatic heterocycles. The van der Waals surface area contributed by atoms with Crippen LogP contribution in [-0.2, 0) is 0 Å². The minimum Gasteiger partial charge on any atom is -0.457 e. The van der Waals surface area contributed by atoms with E-state index in [0.717, 1.165) is 72.6 Å². The van der Waals surface area contributed by atoms with Crippen LogP contribution in [0.4, 0.5) is 0 Å². The van der Waals surface area contributed by atoms with E-state index < -0.39 is 0 Å². The molecule has 9 aromatic carbocycles. The molecule has 0 N–H and O–H groups in total. The van der Waals surface area contributed by atoms with Gasteiger partial charge in [0.1, 0.15) is 22.7 Å². The SMILES string of the molecule is Cc1cc2c(cc1Oc1ccc(-c3ccc(-n4c5ccccc5c5ccccc54)cc3)cc1)oc1ccc(-c3ccc(-n4c5ccccc5c5ccccc54)cc3)cc12. The molecule has 0 aliphatic heterocycles. The molecule has 3 heterocycles. The largest absolute Gasteiger partial charge is 0.457 e. The van der Waals surface area contributed by atoms with E-state index in [1.54, 1.807) is 0 Å². The average molecular weight is 757 g/mol. The molecular weight excluding hydrogens is 721 g/mol. The molecule has 0 aliphatic rings. The maximum absolute atomic E-state index is 6.48. The number of benzene rings is 9. The van der Waals surface area contributed by atoms with Crippen LogP contribution in [0.1, 0.15) is 5.56 Å². The fourth-order valence-corrected chi connectivity index (χ4v) is 9.05. The summed E-state index contributed by atoms with van der Waals surface area (Å²) in [7, 11) is 0. The van der Waals surface area contributed by atoms with Gasteiger partial charge in [0.25, 0.3) is 0 Å². The van der Waals surface area contributed by atoms with Crippen LogP contribution in [0.5, 0.6) is 11.5 Å². The van der Waals surface area contributed by atoms with Gasteiger partial charge < -0.3 is 18.3 Å². The van der Waals surface area contributed by atoms with Gasteiger partial charge in [0, 0.05) is 49.8 Å². The second kappa shape index (κ2) is 13.1. The van der Waals surface area contributed by atoms with Crippen LogP contribution in [0, 0.1) is 6.92 Å². The first kappa shape index (κ1) is 33.3. The van der Waals surface area contributed by atoms with Crippen LogP contribution in [0.15, 0.2) is 205 Å². The summed E-state index contributed by atoms with van der Waals surface area (Å²) in [5.74, 6) is 1.56. The van der Waals surface area contributed by atoms with Gasteiger partial charge >= 0.3 is 0 Å². The van der Waals surface area contributed by atoms with E-state index in [-0.39, 0.29) is 0 Å². The highest BCUT2D eigenvalue weighted by molar-refractivity contribution is 6.10. The van der Waals surface area contributed by atoms with Crippen molar-refractivity contribution in [3.63, 3.8) is 0 Å². The molecule has 0 unspecified atom stereocenters. The molecule has 0 bridgehead atoms. The zero-order valence-corrected chi connectivity index (χ0v) is 32.3. The molecule has 0 atom stereocenters. The molecule has 0 amide bonds. The number of aromatic nitrogens is 2. The Morgan fingerprint density at radius 1 is 0.356 bits per heavy atom. The van der Waals surface area contributed by atoms with Crippen molar-refractivity contribution in [1.29, 1.82) is 0 Å². The summed E-state index contributed by atoms with van der Waals surface area (Å²) in [6, 6.07) is 71.1. The van der Waals surface area contributed by atoms with Crippen molar-refractivity contribution in [1.82, 2.24) is 9.13 Å². The van der Waals surface area contributed by atoms with Gasteiger partial charge in [0.05, 0.1) is 22.1 Å². The molecule has 59 heavy (non-hydrogen) atoms. The molecule has 0 spiro atoms. The van der Waals surface area contributed by atoms with E-state index in [1.165, 1.54) is 43.6 Å². The van der Waals surface area contributed by atoms with Crippen LogP contribution in [-0.4, -0.2) is 9.13 Å². The predicted octanol–water partition coefficient (Wildman–Crippen LogP) is 15.2. The first-order valence-electron chi connectivity index (χ1n) is 20.1. The van der Waals surface area contributed by atoms with Crippen molar-refractivity contribution in [2.24, 2.45) is 0 Å². The number of aryl methyl sites for hydroxylation is 1. The Balaban J connectivity index is 0.802. The molecule has 4 heteroatoms. The number of ether oxygens (including phenoxy) is 1. The van der Waals surface area contributed by atoms with Crippen molar-refractivity contribution < 1.29 is 9.15 Å². The third-order valence-electron chi connectivity index (χ3n) is 11.9. The third kappa shape index (κ3) is 5.38. The molecule has 12 rings (SSSR count). The van der Waals surface area contributed by atoms with E-state index in [1.807, 2.05) is 18.2 Å². The molecule has 0 saturated carbocycles. The van der Waals surface area contributed by atoms with Gasteiger partial charge in [-0.05, 0) is 114 Å². The lowest BCUT2D eigenvalue weighted by atomic mass is 10.0. The fraction of sp³-hybridized carbons (Fsp3) is 0.0182. The Kier molecular flexibility index (Phi) is 7.41. The molecule has 0 aliphatic carbocycles. The van der Waals surface area contributed by atoms with Crippen LogP contribution < -0.4 is 4.74 Å². The maximum atomic E-state index is 6.48. The van der Waals surface area contributed by atoms with Crippen molar-refractivity contribution in [3.05, 3.63) is 206 Å². The van der Waals surface area contributed by atoms with Gasteiger partial charge in [0.15, 0.2) is 0 Å². The zero-order chi connectivity index (χ0) is 39.0. The second-order valence-electron chi connectivity index (χ2n) is 15.4. The Bertz CT molecular complexity index is 3460. The summed E-state index contributed by atoms with van der Waals surface area (Å²) < 4.78 is 17.6. The summed E-state index contributed by atoms with van der Waals surface area (Å²) in [6.07, 6.45) is 0. The number of furan rings is 1. The molecule has 0 fully saturated rings. The van der Waals surface area contributed by atoms with Crippen LogP contribution in [0.3, 0.4) is 0 Å². The highest BCUT2D eigenvalue weighted by Crippen LogP contribution is 2.39. The highest BCUT2D eigenvalue weighted by atomic mass is 16.5. The predicted molar refractivity (Wildman–Crippen MR) is 245 cm³/mol. The second-order valence-corrected chi connectivity index (χ2v) is 15.4. The molecule has 4 nitrogen and oxygen atoms in total. The van der Waals surface area contributed by atoms with E-state index in [4.69, 9.17) is 9.15 Å². The number of rotatable bonds is 6. The minimum atomic E-state index is 0.778. The van der Waals surface area contributed by atoms with Crippen molar-refractivity contribution in [2.75, 3.05) is 0 Å². The molecule has 0 saturated heterocycles. The first-order chi connectivity index (χ1) is 29.1. The Morgan fingerprint density at radius 3 is 1.25 bits per heavy atom. The van der Waals surface area contributed by atoms with Crippen molar-refractivity contribution in [2.45, 2.75) is 6.92 Å².